The average molecular weight is 320 g/mol. The molecule has 1 aliphatic heterocycles. The normalized spacial score (nSPS) is 17.7. The summed E-state index contributed by atoms with van der Waals surface area (Å²) in [5, 5.41) is 7.49. The Hall–Kier alpha value is -1.85. The van der Waals surface area contributed by atoms with Gasteiger partial charge in [-0.1, -0.05) is 13.8 Å². The van der Waals surface area contributed by atoms with E-state index in [4.69, 9.17) is 0 Å². The molecule has 6 heteroatoms. The van der Waals surface area contributed by atoms with Crippen LogP contribution in [0.5, 0.6) is 0 Å². The number of likely N-dealkylation sites (tertiary alicyclic amines) is 1. The van der Waals surface area contributed by atoms with Gasteiger partial charge in [-0.15, -0.1) is 0 Å². The zero-order valence-corrected chi connectivity index (χ0v) is 15.0. The SMILES string of the molecule is Cc1nn(C)c(C)c1C(C)NC(=O)C(C(C)C)N1CCCC1=O. The number of carbonyl (C=O) groups excluding carboxylic acids is 2. The van der Waals surface area contributed by atoms with Crippen LogP contribution in [-0.2, 0) is 16.6 Å². The molecule has 1 aromatic rings. The van der Waals surface area contributed by atoms with Crippen LogP contribution in [0, 0.1) is 19.8 Å². The third kappa shape index (κ3) is 3.41. The fraction of sp³-hybridized carbons (Fsp3) is 0.706. The lowest BCUT2D eigenvalue weighted by molar-refractivity contribution is -0.139. The first-order chi connectivity index (χ1) is 10.7. The van der Waals surface area contributed by atoms with Gasteiger partial charge in [0.25, 0.3) is 0 Å². The lowest BCUT2D eigenvalue weighted by atomic mass is 10.00. The number of hydrogen-bond donors (Lipinski definition) is 1. The zero-order chi connectivity index (χ0) is 17.3. The van der Waals surface area contributed by atoms with Gasteiger partial charge in [-0.05, 0) is 33.1 Å². The highest BCUT2D eigenvalue weighted by molar-refractivity contribution is 5.89. The van der Waals surface area contributed by atoms with Gasteiger partial charge in [0, 0.05) is 31.3 Å². The molecule has 128 valence electrons. The number of hydrogen-bond acceptors (Lipinski definition) is 3. The molecule has 0 aromatic carbocycles. The second-order valence-corrected chi connectivity index (χ2v) is 6.82. The minimum atomic E-state index is -0.398. The number of carbonyl (C=O) groups is 2. The summed E-state index contributed by atoms with van der Waals surface area (Å²) in [7, 11) is 1.90. The maximum absolute atomic E-state index is 12.8. The van der Waals surface area contributed by atoms with Gasteiger partial charge in [-0.2, -0.15) is 5.10 Å². The van der Waals surface area contributed by atoms with E-state index in [1.807, 2.05) is 46.3 Å². The lowest BCUT2D eigenvalue weighted by Crippen LogP contribution is -2.50. The van der Waals surface area contributed by atoms with Gasteiger partial charge in [0.05, 0.1) is 11.7 Å². The van der Waals surface area contributed by atoms with Crippen molar-refractivity contribution < 1.29 is 9.59 Å². The first kappa shape index (κ1) is 17.5. The Labute approximate surface area is 138 Å². The van der Waals surface area contributed by atoms with Crippen LogP contribution in [0.25, 0.3) is 0 Å². The molecule has 2 atom stereocenters. The summed E-state index contributed by atoms with van der Waals surface area (Å²) >= 11 is 0. The third-order valence-corrected chi connectivity index (χ3v) is 4.70. The number of aryl methyl sites for hydroxylation is 2. The fourth-order valence-corrected chi connectivity index (χ4v) is 3.55. The Balaban J connectivity index is 2.16. The van der Waals surface area contributed by atoms with Crippen LogP contribution in [0.3, 0.4) is 0 Å². The maximum Gasteiger partial charge on any atom is 0.243 e. The van der Waals surface area contributed by atoms with Gasteiger partial charge in [0.2, 0.25) is 11.8 Å². The molecule has 2 unspecified atom stereocenters. The first-order valence-electron chi connectivity index (χ1n) is 8.34. The summed E-state index contributed by atoms with van der Waals surface area (Å²) < 4.78 is 1.83. The molecule has 2 heterocycles. The highest BCUT2D eigenvalue weighted by Gasteiger charge is 2.35. The van der Waals surface area contributed by atoms with Crippen LogP contribution in [0.1, 0.15) is 56.6 Å². The standard InChI is InChI=1S/C17H28N4O2/c1-10(2)16(21-9-7-8-14(21)22)17(23)18-11(3)15-12(4)19-20(6)13(15)5/h10-11,16H,7-9H2,1-6H3,(H,18,23). The minimum absolute atomic E-state index is 0.0783. The quantitative estimate of drug-likeness (QED) is 0.900. The van der Waals surface area contributed by atoms with Crippen molar-refractivity contribution in [2.75, 3.05) is 6.54 Å². The van der Waals surface area contributed by atoms with Gasteiger partial charge in [0.15, 0.2) is 0 Å². The molecule has 0 bridgehead atoms. The number of aromatic nitrogens is 2. The van der Waals surface area contributed by atoms with Crippen molar-refractivity contribution >= 4 is 11.8 Å². The van der Waals surface area contributed by atoms with Gasteiger partial charge < -0.3 is 10.2 Å². The monoisotopic (exact) mass is 320 g/mol. The predicted octanol–water partition coefficient (Wildman–Crippen LogP) is 1.86. The van der Waals surface area contributed by atoms with E-state index >= 15 is 0 Å². The number of amides is 2. The van der Waals surface area contributed by atoms with E-state index in [9.17, 15) is 9.59 Å². The van der Waals surface area contributed by atoms with Crippen molar-refractivity contribution in [2.24, 2.45) is 13.0 Å². The van der Waals surface area contributed by atoms with Crippen LogP contribution in [0.2, 0.25) is 0 Å². The number of nitrogens with one attached hydrogen (secondary N) is 1. The molecule has 2 rings (SSSR count). The molecule has 1 fully saturated rings. The molecule has 1 N–H and O–H groups in total. The van der Waals surface area contributed by atoms with E-state index in [-0.39, 0.29) is 23.8 Å². The molecule has 1 aromatic heterocycles. The summed E-state index contributed by atoms with van der Waals surface area (Å²) in [5.74, 6) is 0.0889. The lowest BCUT2D eigenvalue weighted by Gasteiger charge is -2.31. The van der Waals surface area contributed by atoms with Gasteiger partial charge in [-0.25, -0.2) is 0 Å². The molecule has 0 saturated carbocycles. The highest BCUT2D eigenvalue weighted by atomic mass is 16.2. The molecule has 6 nitrogen and oxygen atoms in total. The number of rotatable bonds is 5. The Kier molecular flexibility index (Phi) is 5.12. The minimum Gasteiger partial charge on any atom is -0.348 e. The second kappa shape index (κ2) is 6.72. The summed E-state index contributed by atoms with van der Waals surface area (Å²) in [6.45, 7) is 10.6. The average Bonchev–Trinajstić information content (AvgIpc) is 2.94. The molecule has 1 saturated heterocycles. The zero-order valence-electron chi connectivity index (χ0n) is 15.0. The van der Waals surface area contributed by atoms with Crippen LogP contribution < -0.4 is 5.32 Å². The Morgan fingerprint density at radius 3 is 2.35 bits per heavy atom. The predicted molar refractivity (Wildman–Crippen MR) is 88.8 cm³/mol. The summed E-state index contributed by atoms with van der Waals surface area (Å²) in [6.07, 6.45) is 1.39. The van der Waals surface area contributed by atoms with E-state index in [1.54, 1.807) is 4.90 Å². The Morgan fingerprint density at radius 1 is 1.26 bits per heavy atom. The smallest absolute Gasteiger partial charge is 0.243 e. The third-order valence-electron chi connectivity index (χ3n) is 4.70. The van der Waals surface area contributed by atoms with Crippen molar-refractivity contribution in [1.82, 2.24) is 20.0 Å². The summed E-state index contributed by atoms with van der Waals surface area (Å²) in [4.78, 5) is 26.6. The van der Waals surface area contributed by atoms with Crippen molar-refractivity contribution in [3.05, 3.63) is 17.0 Å². The van der Waals surface area contributed by atoms with Crippen molar-refractivity contribution in [2.45, 2.75) is 59.5 Å². The molecule has 23 heavy (non-hydrogen) atoms. The van der Waals surface area contributed by atoms with Crippen molar-refractivity contribution in [1.29, 1.82) is 0 Å². The van der Waals surface area contributed by atoms with Crippen molar-refractivity contribution in [3.8, 4) is 0 Å². The van der Waals surface area contributed by atoms with Crippen molar-refractivity contribution in [3.63, 3.8) is 0 Å². The van der Waals surface area contributed by atoms with Gasteiger partial charge in [0.1, 0.15) is 6.04 Å². The second-order valence-electron chi connectivity index (χ2n) is 6.82. The fourth-order valence-electron chi connectivity index (χ4n) is 3.55. The molecular formula is C17H28N4O2. The van der Waals surface area contributed by atoms with E-state index in [0.29, 0.717) is 13.0 Å². The van der Waals surface area contributed by atoms with Crippen LogP contribution in [0.15, 0.2) is 0 Å². The first-order valence-corrected chi connectivity index (χ1v) is 8.34. The van der Waals surface area contributed by atoms with Gasteiger partial charge >= 0.3 is 0 Å². The summed E-state index contributed by atoms with van der Waals surface area (Å²) in [5.41, 5.74) is 3.03. The maximum atomic E-state index is 12.8. The van der Waals surface area contributed by atoms with E-state index in [0.717, 1.165) is 23.4 Å². The Bertz CT molecular complexity index is 606. The molecular weight excluding hydrogens is 292 g/mol. The Morgan fingerprint density at radius 2 is 1.91 bits per heavy atom. The van der Waals surface area contributed by atoms with Crippen LogP contribution in [-0.4, -0.2) is 39.1 Å². The topological polar surface area (TPSA) is 67.2 Å². The molecule has 0 radical (unpaired) electrons. The van der Waals surface area contributed by atoms with Crippen LogP contribution >= 0.6 is 0 Å². The molecule has 0 aliphatic carbocycles. The highest BCUT2D eigenvalue weighted by Crippen LogP contribution is 2.23. The van der Waals surface area contributed by atoms with Gasteiger partial charge in [-0.3, -0.25) is 14.3 Å². The van der Waals surface area contributed by atoms with E-state index in [2.05, 4.69) is 10.4 Å². The van der Waals surface area contributed by atoms with E-state index in [1.165, 1.54) is 0 Å². The molecule has 2 amide bonds. The molecule has 0 spiro atoms. The van der Waals surface area contributed by atoms with Crippen LogP contribution in [0.4, 0.5) is 0 Å². The molecule has 1 aliphatic rings. The van der Waals surface area contributed by atoms with E-state index < -0.39 is 6.04 Å². The summed E-state index contributed by atoms with van der Waals surface area (Å²) in [6, 6.07) is -0.528. The number of nitrogens with zero attached hydrogens (tertiary/aromatic N) is 3. The largest absolute Gasteiger partial charge is 0.348 e.